The molecule has 0 aliphatic rings. The van der Waals surface area contributed by atoms with Crippen molar-refractivity contribution < 1.29 is 8.78 Å². The van der Waals surface area contributed by atoms with E-state index in [1.165, 1.54) is 6.20 Å². The number of hydrogen-bond donors (Lipinski definition) is 1. The minimum absolute atomic E-state index is 0.0356. The third-order valence-corrected chi connectivity index (χ3v) is 3.08. The van der Waals surface area contributed by atoms with E-state index in [0.29, 0.717) is 5.56 Å². The first-order valence-corrected chi connectivity index (χ1v) is 6.13. The Balaban J connectivity index is 2.20. The van der Waals surface area contributed by atoms with Crippen LogP contribution in [-0.4, -0.2) is 4.98 Å². The third kappa shape index (κ3) is 3.06. The number of rotatable bonds is 3. The molecule has 0 saturated carbocycles. The summed E-state index contributed by atoms with van der Waals surface area (Å²) in [6.07, 6.45) is 1.50. The molecule has 6 heteroatoms. The van der Waals surface area contributed by atoms with Gasteiger partial charge in [-0.15, -0.1) is 0 Å². The van der Waals surface area contributed by atoms with Crippen LogP contribution in [-0.2, 0) is 6.54 Å². The van der Waals surface area contributed by atoms with Crippen molar-refractivity contribution in [2.24, 2.45) is 0 Å². The normalized spacial score (nSPS) is 10.0. The van der Waals surface area contributed by atoms with Gasteiger partial charge in [0.05, 0.1) is 10.2 Å². The molecule has 1 heterocycles. The number of nitrogens with one attached hydrogen (secondary N) is 1. The van der Waals surface area contributed by atoms with Gasteiger partial charge in [0.2, 0.25) is 0 Å². The average molecular weight is 324 g/mol. The van der Waals surface area contributed by atoms with Crippen LogP contribution in [0.2, 0.25) is 0 Å². The zero-order chi connectivity index (χ0) is 13.8. The van der Waals surface area contributed by atoms with Crippen LogP contribution >= 0.6 is 15.9 Å². The molecule has 2 rings (SSSR count). The second-order valence-corrected chi connectivity index (χ2v) is 4.58. The minimum Gasteiger partial charge on any atom is -0.378 e. The Hall–Kier alpha value is -2.00. The Morgan fingerprint density at radius 3 is 2.84 bits per heavy atom. The smallest absolute Gasteiger partial charge is 0.147 e. The van der Waals surface area contributed by atoms with E-state index < -0.39 is 11.6 Å². The molecule has 0 fully saturated rings. The van der Waals surface area contributed by atoms with Gasteiger partial charge in [0.15, 0.2) is 0 Å². The van der Waals surface area contributed by atoms with E-state index in [9.17, 15) is 8.78 Å². The summed E-state index contributed by atoms with van der Waals surface area (Å²) in [6, 6.07) is 7.42. The highest BCUT2D eigenvalue weighted by molar-refractivity contribution is 9.10. The van der Waals surface area contributed by atoms with Crippen molar-refractivity contribution in [1.82, 2.24) is 4.98 Å². The van der Waals surface area contributed by atoms with Gasteiger partial charge in [-0.25, -0.2) is 13.8 Å². The number of nitrogens with zero attached hydrogens (tertiary/aromatic N) is 2. The number of aromatic nitrogens is 1. The molecule has 0 amide bonds. The van der Waals surface area contributed by atoms with Crippen LogP contribution in [0.15, 0.2) is 34.9 Å². The van der Waals surface area contributed by atoms with Gasteiger partial charge in [0.1, 0.15) is 23.4 Å². The minimum atomic E-state index is -0.573. The fraction of sp³-hybridized carbons (Fsp3) is 0.0769. The van der Waals surface area contributed by atoms with Crippen LogP contribution in [0, 0.1) is 23.0 Å². The molecule has 1 aromatic carbocycles. The zero-order valence-corrected chi connectivity index (χ0v) is 11.2. The van der Waals surface area contributed by atoms with Crippen molar-refractivity contribution in [3.8, 4) is 6.07 Å². The SMILES string of the molecule is N#Cc1ncccc1CNc1cc(F)c(Br)cc1F. The van der Waals surface area contributed by atoms with Crippen molar-refractivity contribution in [2.45, 2.75) is 6.54 Å². The van der Waals surface area contributed by atoms with E-state index in [1.54, 1.807) is 12.1 Å². The van der Waals surface area contributed by atoms with Gasteiger partial charge in [0.25, 0.3) is 0 Å². The summed E-state index contributed by atoms with van der Waals surface area (Å²) < 4.78 is 27.0. The molecule has 96 valence electrons. The van der Waals surface area contributed by atoms with Crippen LogP contribution in [0.5, 0.6) is 0 Å². The summed E-state index contributed by atoms with van der Waals surface area (Å²) in [5, 5.41) is 11.6. The number of benzene rings is 1. The van der Waals surface area contributed by atoms with Crippen molar-refractivity contribution in [3.63, 3.8) is 0 Å². The number of halogens is 3. The summed E-state index contributed by atoms with van der Waals surface area (Å²) in [7, 11) is 0. The highest BCUT2D eigenvalue weighted by atomic mass is 79.9. The van der Waals surface area contributed by atoms with Crippen LogP contribution in [0.1, 0.15) is 11.3 Å². The lowest BCUT2D eigenvalue weighted by molar-refractivity contribution is 0.596. The molecule has 3 nitrogen and oxygen atoms in total. The first-order chi connectivity index (χ1) is 9.11. The first-order valence-electron chi connectivity index (χ1n) is 5.34. The van der Waals surface area contributed by atoms with Gasteiger partial charge >= 0.3 is 0 Å². The standard InChI is InChI=1S/C13H8BrF2N3/c14-9-4-11(16)12(5-10(9)15)19-7-8-2-1-3-18-13(8)6-17/h1-5,19H,7H2. The maximum absolute atomic E-state index is 13.6. The number of nitriles is 1. The first kappa shape index (κ1) is 13.4. The Morgan fingerprint density at radius 1 is 1.32 bits per heavy atom. The largest absolute Gasteiger partial charge is 0.378 e. The van der Waals surface area contributed by atoms with E-state index in [0.717, 1.165) is 12.1 Å². The molecule has 19 heavy (non-hydrogen) atoms. The highest BCUT2D eigenvalue weighted by Gasteiger charge is 2.09. The Bertz CT molecular complexity index is 653. The average Bonchev–Trinajstić information content (AvgIpc) is 2.41. The molecule has 0 radical (unpaired) electrons. The van der Waals surface area contributed by atoms with E-state index in [4.69, 9.17) is 5.26 Å². The quantitative estimate of drug-likeness (QED) is 0.878. The fourth-order valence-corrected chi connectivity index (χ4v) is 1.85. The monoisotopic (exact) mass is 323 g/mol. The van der Waals surface area contributed by atoms with Gasteiger partial charge in [-0.1, -0.05) is 6.07 Å². The molecule has 2 aromatic rings. The summed E-state index contributed by atoms with van der Waals surface area (Å²) in [6.45, 7) is 0.189. The summed E-state index contributed by atoms with van der Waals surface area (Å²) in [5.41, 5.74) is 0.911. The van der Waals surface area contributed by atoms with Gasteiger partial charge < -0.3 is 5.32 Å². The molecule has 0 unspecified atom stereocenters. The van der Waals surface area contributed by atoms with Crippen LogP contribution < -0.4 is 5.32 Å². The van der Waals surface area contributed by atoms with Crippen molar-refractivity contribution in [2.75, 3.05) is 5.32 Å². The molecule has 0 atom stereocenters. The van der Waals surface area contributed by atoms with E-state index >= 15 is 0 Å². The maximum Gasteiger partial charge on any atom is 0.147 e. The van der Waals surface area contributed by atoms with Gasteiger partial charge in [-0.05, 0) is 28.1 Å². The lowest BCUT2D eigenvalue weighted by Crippen LogP contribution is -2.04. The topological polar surface area (TPSA) is 48.7 Å². The van der Waals surface area contributed by atoms with Crippen molar-refractivity contribution >= 4 is 21.6 Å². The molecule has 0 bridgehead atoms. The Labute approximate surface area is 117 Å². The van der Waals surface area contributed by atoms with Gasteiger partial charge in [-0.3, -0.25) is 0 Å². The predicted octanol–water partition coefficient (Wildman–Crippen LogP) is 3.61. The fourth-order valence-electron chi connectivity index (χ4n) is 1.53. The molecular weight excluding hydrogens is 316 g/mol. The molecular formula is C13H8BrF2N3. The Kier molecular flexibility index (Phi) is 4.07. The van der Waals surface area contributed by atoms with Gasteiger partial charge in [0, 0.05) is 24.4 Å². The van der Waals surface area contributed by atoms with Crippen LogP contribution in [0.25, 0.3) is 0 Å². The number of hydrogen-bond acceptors (Lipinski definition) is 3. The molecule has 0 saturated heterocycles. The predicted molar refractivity (Wildman–Crippen MR) is 70.3 cm³/mol. The lowest BCUT2D eigenvalue weighted by Gasteiger charge is -2.09. The van der Waals surface area contributed by atoms with Crippen molar-refractivity contribution in [1.29, 1.82) is 5.26 Å². The molecule has 1 aromatic heterocycles. The van der Waals surface area contributed by atoms with Crippen LogP contribution in [0.4, 0.5) is 14.5 Å². The summed E-state index contributed by atoms with van der Waals surface area (Å²) >= 11 is 2.90. The summed E-state index contributed by atoms with van der Waals surface area (Å²) in [4.78, 5) is 3.89. The molecule has 0 aliphatic carbocycles. The summed E-state index contributed by atoms with van der Waals surface area (Å²) in [5.74, 6) is -1.13. The second-order valence-electron chi connectivity index (χ2n) is 3.72. The molecule has 0 aliphatic heterocycles. The number of anilines is 1. The Morgan fingerprint density at radius 2 is 2.11 bits per heavy atom. The van der Waals surface area contributed by atoms with E-state index in [-0.39, 0.29) is 22.4 Å². The van der Waals surface area contributed by atoms with Crippen LogP contribution in [0.3, 0.4) is 0 Å². The van der Waals surface area contributed by atoms with Crippen molar-refractivity contribution in [3.05, 3.63) is 57.8 Å². The van der Waals surface area contributed by atoms with E-state index in [1.807, 2.05) is 6.07 Å². The number of pyridine rings is 1. The van der Waals surface area contributed by atoms with Gasteiger partial charge in [-0.2, -0.15) is 5.26 Å². The third-order valence-electron chi connectivity index (χ3n) is 2.48. The molecule has 1 N–H and O–H groups in total. The highest BCUT2D eigenvalue weighted by Crippen LogP contribution is 2.23. The molecule has 0 spiro atoms. The van der Waals surface area contributed by atoms with E-state index in [2.05, 4.69) is 26.2 Å². The zero-order valence-electron chi connectivity index (χ0n) is 9.62. The lowest BCUT2D eigenvalue weighted by atomic mass is 10.2. The maximum atomic E-state index is 13.6. The second kappa shape index (κ2) is 5.76.